The van der Waals surface area contributed by atoms with Crippen molar-refractivity contribution in [1.82, 2.24) is 4.98 Å². The molecule has 6 heteroatoms. The molecule has 92 valence electrons. The summed E-state index contributed by atoms with van der Waals surface area (Å²) in [5.74, 6) is -0.192. The molecule has 0 aliphatic rings. The number of halogens is 3. The summed E-state index contributed by atoms with van der Waals surface area (Å²) in [6, 6.07) is 8.86. The van der Waals surface area contributed by atoms with E-state index in [0.717, 1.165) is 8.04 Å². The summed E-state index contributed by atoms with van der Waals surface area (Å²) in [5.41, 5.74) is 1.19. The van der Waals surface area contributed by atoms with Crippen LogP contribution < -0.4 is 5.32 Å². The van der Waals surface area contributed by atoms with E-state index in [9.17, 15) is 4.79 Å². The van der Waals surface area contributed by atoms with Crippen molar-refractivity contribution in [3.8, 4) is 0 Å². The van der Waals surface area contributed by atoms with Crippen LogP contribution in [0, 0.1) is 3.57 Å². The second-order valence-electron chi connectivity index (χ2n) is 3.45. The van der Waals surface area contributed by atoms with Gasteiger partial charge in [-0.15, -0.1) is 0 Å². The Morgan fingerprint density at radius 2 is 2.11 bits per heavy atom. The zero-order valence-electron chi connectivity index (χ0n) is 8.95. The van der Waals surface area contributed by atoms with E-state index < -0.39 is 0 Å². The van der Waals surface area contributed by atoms with E-state index in [1.807, 2.05) is 18.2 Å². The van der Waals surface area contributed by atoms with Gasteiger partial charge in [-0.1, -0.05) is 11.6 Å². The number of rotatable bonds is 2. The lowest BCUT2D eigenvalue weighted by Crippen LogP contribution is -2.12. The molecule has 0 radical (unpaired) electrons. The van der Waals surface area contributed by atoms with Gasteiger partial charge in [0.15, 0.2) is 0 Å². The first-order valence-corrected chi connectivity index (χ1v) is 7.19. The Bertz CT molecular complexity index is 606. The summed E-state index contributed by atoms with van der Waals surface area (Å²) < 4.78 is 1.74. The van der Waals surface area contributed by atoms with E-state index in [1.165, 1.54) is 0 Å². The lowest BCUT2D eigenvalue weighted by atomic mass is 10.2. The number of nitrogens with zero attached hydrogens (tertiary/aromatic N) is 1. The number of hydrogen-bond donors (Lipinski definition) is 1. The highest BCUT2D eigenvalue weighted by molar-refractivity contribution is 14.1. The molecule has 2 rings (SSSR count). The molecule has 1 heterocycles. The van der Waals surface area contributed by atoms with E-state index in [4.69, 9.17) is 11.6 Å². The lowest BCUT2D eigenvalue weighted by molar-refractivity contribution is 0.102. The molecule has 0 atom stereocenters. The molecule has 0 bridgehead atoms. The quantitative estimate of drug-likeness (QED) is 0.561. The van der Waals surface area contributed by atoms with Crippen molar-refractivity contribution >= 4 is 61.7 Å². The van der Waals surface area contributed by atoms with Gasteiger partial charge >= 0.3 is 0 Å². The number of anilines is 1. The molecule has 1 aromatic heterocycles. The number of hydrogen-bond acceptors (Lipinski definition) is 2. The smallest absolute Gasteiger partial charge is 0.256 e. The van der Waals surface area contributed by atoms with Gasteiger partial charge in [0, 0.05) is 19.9 Å². The summed E-state index contributed by atoms with van der Waals surface area (Å²) >= 11 is 11.3. The third kappa shape index (κ3) is 3.43. The van der Waals surface area contributed by atoms with Crippen LogP contribution in [0.4, 0.5) is 5.69 Å². The molecule has 3 nitrogen and oxygen atoms in total. The number of amides is 1. The Kier molecular flexibility index (Phi) is 4.58. The SMILES string of the molecule is O=C(Nc1ccnc(Cl)c1)c1cc(I)ccc1Br. The second kappa shape index (κ2) is 5.99. The molecule has 0 spiro atoms. The molecule has 2 aromatic rings. The summed E-state index contributed by atoms with van der Waals surface area (Å²) in [7, 11) is 0. The average Bonchev–Trinajstić information content (AvgIpc) is 2.32. The summed E-state index contributed by atoms with van der Waals surface area (Å²) in [6.45, 7) is 0. The Labute approximate surface area is 131 Å². The van der Waals surface area contributed by atoms with E-state index in [1.54, 1.807) is 18.3 Å². The third-order valence-corrected chi connectivity index (χ3v) is 3.73. The highest BCUT2D eigenvalue weighted by Gasteiger charge is 2.11. The molecule has 0 aliphatic heterocycles. The maximum Gasteiger partial charge on any atom is 0.256 e. The lowest BCUT2D eigenvalue weighted by Gasteiger charge is -2.07. The van der Waals surface area contributed by atoms with E-state index in [2.05, 4.69) is 48.8 Å². The highest BCUT2D eigenvalue weighted by Crippen LogP contribution is 2.21. The topological polar surface area (TPSA) is 42.0 Å². The van der Waals surface area contributed by atoms with Crippen molar-refractivity contribution in [3.63, 3.8) is 0 Å². The summed E-state index contributed by atoms with van der Waals surface area (Å²) in [6.07, 6.45) is 1.54. The molecule has 0 aliphatic carbocycles. The molecule has 1 N–H and O–H groups in total. The van der Waals surface area contributed by atoms with Crippen LogP contribution in [0.15, 0.2) is 41.0 Å². The van der Waals surface area contributed by atoms with Gasteiger partial charge < -0.3 is 5.32 Å². The Hall–Kier alpha value is -0.660. The zero-order chi connectivity index (χ0) is 13.1. The monoisotopic (exact) mass is 436 g/mol. The number of nitrogens with one attached hydrogen (secondary N) is 1. The molecule has 1 amide bonds. The van der Waals surface area contributed by atoms with Gasteiger partial charge in [-0.05, 0) is 68.9 Å². The number of pyridine rings is 1. The van der Waals surface area contributed by atoms with Gasteiger partial charge in [0.25, 0.3) is 5.91 Å². The van der Waals surface area contributed by atoms with Gasteiger partial charge in [0.2, 0.25) is 0 Å². The van der Waals surface area contributed by atoms with Crippen molar-refractivity contribution in [2.45, 2.75) is 0 Å². The first kappa shape index (κ1) is 13.8. The van der Waals surface area contributed by atoms with Crippen LogP contribution in [0.5, 0.6) is 0 Å². The molecule has 0 unspecified atom stereocenters. The minimum Gasteiger partial charge on any atom is -0.322 e. The van der Waals surface area contributed by atoms with Crippen molar-refractivity contribution in [1.29, 1.82) is 0 Å². The van der Waals surface area contributed by atoms with Crippen LogP contribution in [0.1, 0.15) is 10.4 Å². The highest BCUT2D eigenvalue weighted by atomic mass is 127. The Morgan fingerprint density at radius 3 is 2.83 bits per heavy atom. The minimum atomic E-state index is -0.192. The van der Waals surface area contributed by atoms with E-state index >= 15 is 0 Å². The maximum absolute atomic E-state index is 12.1. The van der Waals surface area contributed by atoms with Crippen LogP contribution in [0.25, 0.3) is 0 Å². The number of carbonyl (C=O) groups excluding carboxylic acids is 1. The van der Waals surface area contributed by atoms with Crippen molar-refractivity contribution < 1.29 is 4.79 Å². The standard InChI is InChI=1S/C12H7BrClIN2O/c13-10-2-1-7(15)5-9(10)12(18)17-8-3-4-16-11(14)6-8/h1-6H,(H,16,17,18). The fourth-order valence-electron chi connectivity index (χ4n) is 1.35. The van der Waals surface area contributed by atoms with E-state index in [0.29, 0.717) is 16.4 Å². The first-order valence-electron chi connectivity index (χ1n) is 4.94. The normalized spacial score (nSPS) is 10.2. The van der Waals surface area contributed by atoms with Gasteiger partial charge in [0.05, 0.1) is 5.56 Å². The van der Waals surface area contributed by atoms with Crippen LogP contribution in [-0.4, -0.2) is 10.9 Å². The largest absolute Gasteiger partial charge is 0.322 e. The second-order valence-corrected chi connectivity index (χ2v) is 5.93. The van der Waals surface area contributed by atoms with Crippen molar-refractivity contribution in [2.75, 3.05) is 5.32 Å². The molecule has 0 saturated carbocycles. The molecule has 18 heavy (non-hydrogen) atoms. The van der Waals surface area contributed by atoms with Gasteiger partial charge in [0.1, 0.15) is 5.15 Å². The molecule has 0 fully saturated rings. The maximum atomic E-state index is 12.1. The third-order valence-electron chi connectivity index (χ3n) is 2.16. The van der Waals surface area contributed by atoms with Crippen molar-refractivity contribution in [3.05, 3.63) is 55.3 Å². The number of aromatic nitrogens is 1. The summed E-state index contributed by atoms with van der Waals surface area (Å²) in [4.78, 5) is 15.9. The van der Waals surface area contributed by atoms with Gasteiger partial charge in [-0.25, -0.2) is 4.98 Å². The fourth-order valence-corrected chi connectivity index (χ4v) is 2.44. The zero-order valence-corrected chi connectivity index (χ0v) is 13.5. The van der Waals surface area contributed by atoms with Crippen LogP contribution >= 0.6 is 50.1 Å². The van der Waals surface area contributed by atoms with Crippen LogP contribution in [0.3, 0.4) is 0 Å². The van der Waals surface area contributed by atoms with Gasteiger partial charge in [-0.3, -0.25) is 4.79 Å². The Morgan fingerprint density at radius 1 is 1.33 bits per heavy atom. The van der Waals surface area contributed by atoms with Gasteiger partial charge in [-0.2, -0.15) is 0 Å². The number of benzene rings is 1. The van der Waals surface area contributed by atoms with E-state index in [-0.39, 0.29) is 5.91 Å². The average molecular weight is 437 g/mol. The molecular formula is C12H7BrClIN2O. The molecule has 1 aromatic carbocycles. The van der Waals surface area contributed by atoms with Crippen LogP contribution in [-0.2, 0) is 0 Å². The minimum absolute atomic E-state index is 0.192. The summed E-state index contributed by atoms with van der Waals surface area (Å²) in [5, 5.41) is 3.11. The predicted molar refractivity (Wildman–Crippen MR) is 84.1 cm³/mol. The fraction of sp³-hybridized carbons (Fsp3) is 0. The van der Waals surface area contributed by atoms with Crippen LogP contribution in [0.2, 0.25) is 5.15 Å². The molecular weight excluding hydrogens is 430 g/mol. The van der Waals surface area contributed by atoms with Crippen molar-refractivity contribution in [2.24, 2.45) is 0 Å². The Balaban J connectivity index is 2.24. The predicted octanol–water partition coefficient (Wildman–Crippen LogP) is 4.35. The first-order chi connectivity index (χ1) is 8.56. The number of carbonyl (C=O) groups is 1. The molecule has 0 saturated heterocycles.